The zero-order valence-electron chi connectivity index (χ0n) is 12.5. The summed E-state index contributed by atoms with van der Waals surface area (Å²) in [6.07, 6.45) is -0.761. The van der Waals surface area contributed by atoms with Crippen LogP contribution in [0.15, 0.2) is 61.1 Å². The second-order valence-electron chi connectivity index (χ2n) is 4.74. The quantitative estimate of drug-likeness (QED) is 0.596. The first kappa shape index (κ1) is 17.2. The highest BCUT2D eigenvalue weighted by Crippen LogP contribution is 2.31. The van der Waals surface area contributed by atoms with E-state index in [9.17, 15) is 19.8 Å². The molecule has 0 saturated heterocycles. The van der Waals surface area contributed by atoms with Crippen LogP contribution in [0.2, 0.25) is 0 Å². The van der Waals surface area contributed by atoms with Crippen molar-refractivity contribution >= 4 is 11.9 Å². The van der Waals surface area contributed by atoms with E-state index in [1.807, 2.05) is 0 Å². The van der Waals surface area contributed by atoms with Crippen molar-refractivity contribution in [2.45, 2.75) is 12.2 Å². The summed E-state index contributed by atoms with van der Waals surface area (Å²) in [7, 11) is 0. The minimum absolute atomic E-state index is 0.329. The maximum absolute atomic E-state index is 10.4. The second-order valence-corrected chi connectivity index (χ2v) is 4.74. The van der Waals surface area contributed by atoms with Gasteiger partial charge in [-0.25, -0.2) is 9.59 Å². The summed E-state index contributed by atoms with van der Waals surface area (Å²) >= 11 is 0. The summed E-state index contributed by atoms with van der Waals surface area (Å²) in [5.41, 5.74) is 0.803. The largest absolute Gasteiger partial charge is 0.453 e. The molecule has 0 fully saturated rings. The third-order valence-corrected chi connectivity index (χ3v) is 3.18. The number of hydrogen-bond donors (Lipinski definition) is 2. The van der Waals surface area contributed by atoms with E-state index in [2.05, 4.69) is 0 Å². The standard InChI is InChI=1S/C18H14O6/c19-7-9-23-15-5-1-3-13(11-15)17(21)18(22)14-4-2-6-16(12-14)24-10-8-20/h1-6,9-12,17-18,21-22H. The van der Waals surface area contributed by atoms with Gasteiger partial charge in [-0.3, -0.25) is 0 Å². The number of aliphatic hydroxyl groups excluding tert-OH is 2. The fourth-order valence-corrected chi connectivity index (χ4v) is 2.09. The molecule has 0 heterocycles. The Hall–Kier alpha value is -3.14. The topological polar surface area (TPSA) is 93.1 Å². The van der Waals surface area contributed by atoms with Crippen LogP contribution in [0.5, 0.6) is 11.5 Å². The van der Waals surface area contributed by atoms with Crippen LogP contribution in [0.3, 0.4) is 0 Å². The van der Waals surface area contributed by atoms with Gasteiger partial charge in [0, 0.05) is 0 Å². The third-order valence-electron chi connectivity index (χ3n) is 3.18. The summed E-state index contributed by atoms with van der Waals surface area (Å²) in [6.45, 7) is 0. The minimum atomic E-state index is -1.23. The highest BCUT2D eigenvalue weighted by molar-refractivity contribution is 5.45. The van der Waals surface area contributed by atoms with E-state index in [4.69, 9.17) is 9.47 Å². The second kappa shape index (κ2) is 8.48. The Morgan fingerprint density at radius 2 is 1.21 bits per heavy atom. The molecule has 0 aliphatic heterocycles. The average molecular weight is 326 g/mol. The number of ether oxygens (including phenoxy) is 2. The molecule has 2 atom stereocenters. The van der Waals surface area contributed by atoms with Crippen LogP contribution in [0.4, 0.5) is 0 Å². The number of hydrogen-bond acceptors (Lipinski definition) is 6. The van der Waals surface area contributed by atoms with Crippen LogP contribution < -0.4 is 9.47 Å². The van der Waals surface area contributed by atoms with Crippen LogP contribution in [0, 0.1) is 0 Å². The molecule has 24 heavy (non-hydrogen) atoms. The SMILES string of the molecule is O=C=COc1cccc(C(O)C(O)c2cccc(OC=C=O)c2)c1. The number of benzene rings is 2. The molecule has 122 valence electrons. The maximum atomic E-state index is 10.4. The van der Waals surface area contributed by atoms with Gasteiger partial charge in [0.15, 0.2) is 24.4 Å². The molecule has 6 nitrogen and oxygen atoms in total. The summed E-state index contributed by atoms with van der Waals surface area (Å²) in [5.74, 6) is 3.62. The normalized spacial score (nSPS) is 12.2. The molecule has 2 aromatic rings. The summed E-state index contributed by atoms with van der Waals surface area (Å²) in [6, 6.07) is 12.6. The smallest absolute Gasteiger partial charge is 0.174 e. The fraction of sp³-hybridized carbons (Fsp3) is 0.111. The lowest BCUT2D eigenvalue weighted by Gasteiger charge is -2.19. The molecule has 0 aliphatic rings. The molecule has 2 aromatic carbocycles. The van der Waals surface area contributed by atoms with Gasteiger partial charge in [0.1, 0.15) is 23.7 Å². The van der Waals surface area contributed by atoms with Gasteiger partial charge >= 0.3 is 0 Å². The molecule has 2 unspecified atom stereocenters. The first-order chi connectivity index (χ1) is 11.7. The Morgan fingerprint density at radius 3 is 1.58 bits per heavy atom. The van der Waals surface area contributed by atoms with Crippen molar-refractivity contribution in [3.63, 3.8) is 0 Å². The monoisotopic (exact) mass is 326 g/mol. The molecule has 6 heteroatoms. The Morgan fingerprint density at radius 1 is 0.792 bits per heavy atom. The van der Waals surface area contributed by atoms with Crippen molar-refractivity contribution in [2.75, 3.05) is 0 Å². The number of carbonyl (C=O) groups excluding carboxylic acids is 2. The van der Waals surface area contributed by atoms with Crippen molar-refractivity contribution in [1.29, 1.82) is 0 Å². The van der Waals surface area contributed by atoms with Gasteiger partial charge in [-0.05, 0) is 35.4 Å². The zero-order valence-corrected chi connectivity index (χ0v) is 12.5. The van der Waals surface area contributed by atoms with Gasteiger partial charge in [0.2, 0.25) is 0 Å². The van der Waals surface area contributed by atoms with Gasteiger partial charge in [-0.15, -0.1) is 0 Å². The Labute approximate surface area is 137 Å². The van der Waals surface area contributed by atoms with Crippen LogP contribution >= 0.6 is 0 Å². The molecule has 0 amide bonds. The van der Waals surface area contributed by atoms with Crippen LogP contribution in [-0.4, -0.2) is 22.1 Å². The van der Waals surface area contributed by atoms with Crippen molar-refractivity contribution in [2.24, 2.45) is 0 Å². The van der Waals surface area contributed by atoms with E-state index in [1.165, 1.54) is 24.0 Å². The van der Waals surface area contributed by atoms with E-state index in [0.717, 1.165) is 12.5 Å². The van der Waals surface area contributed by atoms with Gasteiger partial charge < -0.3 is 19.7 Å². The van der Waals surface area contributed by atoms with E-state index < -0.39 is 12.2 Å². The molecule has 2 rings (SSSR count). The predicted molar refractivity (Wildman–Crippen MR) is 84.6 cm³/mol. The molecule has 2 N–H and O–H groups in total. The summed E-state index contributed by atoms with van der Waals surface area (Å²) in [4.78, 5) is 20.3. The van der Waals surface area contributed by atoms with Crippen LogP contribution in [0.25, 0.3) is 0 Å². The average Bonchev–Trinajstić information content (AvgIpc) is 2.64. The lowest BCUT2D eigenvalue weighted by Crippen LogP contribution is -2.10. The molecule has 0 aliphatic carbocycles. The lowest BCUT2D eigenvalue weighted by atomic mass is 9.98. The highest BCUT2D eigenvalue weighted by atomic mass is 16.5. The van der Waals surface area contributed by atoms with Crippen molar-refractivity contribution in [1.82, 2.24) is 0 Å². The Kier molecular flexibility index (Phi) is 6.08. The van der Waals surface area contributed by atoms with E-state index in [0.29, 0.717) is 22.6 Å². The molecule has 0 radical (unpaired) electrons. The van der Waals surface area contributed by atoms with Crippen molar-refractivity contribution in [3.05, 3.63) is 72.2 Å². The first-order valence-corrected chi connectivity index (χ1v) is 6.94. The molecular weight excluding hydrogens is 312 g/mol. The minimum Gasteiger partial charge on any atom is -0.453 e. The number of aliphatic hydroxyl groups is 2. The van der Waals surface area contributed by atoms with Gasteiger partial charge in [0.25, 0.3) is 0 Å². The van der Waals surface area contributed by atoms with E-state index >= 15 is 0 Å². The number of rotatable bonds is 7. The van der Waals surface area contributed by atoms with E-state index in [1.54, 1.807) is 36.4 Å². The Balaban J connectivity index is 2.21. The molecule has 0 aromatic heterocycles. The van der Waals surface area contributed by atoms with E-state index in [-0.39, 0.29) is 0 Å². The van der Waals surface area contributed by atoms with Crippen molar-refractivity contribution in [3.8, 4) is 11.5 Å². The molecular formula is C18H14O6. The summed E-state index contributed by atoms with van der Waals surface area (Å²) < 4.78 is 9.99. The zero-order chi connectivity index (χ0) is 17.4. The van der Waals surface area contributed by atoms with Crippen LogP contribution in [0.1, 0.15) is 23.3 Å². The maximum Gasteiger partial charge on any atom is 0.174 e. The summed E-state index contributed by atoms with van der Waals surface area (Å²) in [5, 5.41) is 20.7. The highest BCUT2D eigenvalue weighted by Gasteiger charge is 2.21. The van der Waals surface area contributed by atoms with Gasteiger partial charge in [-0.2, -0.15) is 0 Å². The van der Waals surface area contributed by atoms with Crippen LogP contribution in [-0.2, 0) is 9.59 Å². The lowest BCUT2D eigenvalue weighted by molar-refractivity contribution is 0.0171. The van der Waals surface area contributed by atoms with Gasteiger partial charge in [-0.1, -0.05) is 24.3 Å². The first-order valence-electron chi connectivity index (χ1n) is 6.94. The Bertz CT molecular complexity index is 720. The third kappa shape index (κ3) is 4.43. The fourth-order valence-electron chi connectivity index (χ4n) is 2.09. The molecule has 0 saturated carbocycles. The van der Waals surface area contributed by atoms with Crippen molar-refractivity contribution < 1.29 is 29.3 Å². The molecule has 0 bridgehead atoms. The van der Waals surface area contributed by atoms with Gasteiger partial charge in [0.05, 0.1) is 0 Å². The molecule has 0 spiro atoms. The predicted octanol–water partition coefficient (Wildman–Crippen LogP) is 1.90.